The van der Waals surface area contributed by atoms with Crippen LogP contribution >= 0.6 is 11.6 Å². The summed E-state index contributed by atoms with van der Waals surface area (Å²) in [5.74, 6) is 0.574. The van der Waals surface area contributed by atoms with Gasteiger partial charge in [-0.3, -0.25) is 4.90 Å². The van der Waals surface area contributed by atoms with E-state index in [0.29, 0.717) is 11.6 Å². The lowest BCUT2D eigenvalue weighted by molar-refractivity contribution is 0.235. The van der Waals surface area contributed by atoms with Gasteiger partial charge < -0.3 is 0 Å². The molecule has 0 spiro atoms. The highest BCUT2D eigenvalue weighted by Gasteiger charge is 2.29. The summed E-state index contributed by atoms with van der Waals surface area (Å²) >= 11 is 6.17. The van der Waals surface area contributed by atoms with Crippen LogP contribution in [-0.4, -0.2) is 38.2 Å². The number of hydrogen-bond acceptors (Lipinski definition) is 4. The van der Waals surface area contributed by atoms with E-state index in [2.05, 4.69) is 38.6 Å². The van der Waals surface area contributed by atoms with Crippen LogP contribution in [0.4, 0.5) is 4.39 Å². The normalized spacial score (nSPS) is 15.3. The second kappa shape index (κ2) is 9.65. The van der Waals surface area contributed by atoms with Gasteiger partial charge in [0.2, 0.25) is 0 Å². The van der Waals surface area contributed by atoms with Gasteiger partial charge in [0, 0.05) is 18.1 Å². The van der Waals surface area contributed by atoms with E-state index in [9.17, 15) is 4.39 Å². The van der Waals surface area contributed by atoms with Gasteiger partial charge in [0.15, 0.2) is 5.82 Å². The van der Waals surface area contributed by atoms with Crippen molar-refractivity contribution in [2.24, 2.45) is 0 Å². The van der Waals surface area contributed by atoms with Crippen molar-refractivity contribution in [3.63, 3.8) is 0 Å². The Morgan fingerprint density at radius 3 is 2.39 bits per heavy atom. The van der Waals surface area contributed by atoms with E-state index >= 15 is 0 Å². The summed E-state index contributed by atoms with van der Waals surface area (Å²) in [5, 5.41) is 13.4. The molecule has 1 aliphatic rings. The first-order valence-corrected chi connectivity index (χ1v) is 11.3. The summed E-state index contributed by atoms with van der Waals surface area (Å²) in [7, 11) is 0. The number of benzene rings is 3. The molecule has 0 saturated carbocycles. The summed E-state index contributed by atoms with van der Waals surface area (Å²) in [6, 6.07) is 24.6. The number of nitrogens with zero attached hydrogens (tertiary/aromatic N) is 5. The van der Waals surface area contributed by atoms with Crippen LogP contribution in [0.1, 0.15) is 35.0 Å². The van der Waals surface area contributed by atoms with Crippen LogP contribution < -0.4 is 0 Å². The van der Waals surface area contributed by atoms with Gasteiger partial charge in [0.25, 0.3) is 0 Å². The highest BCUT2D eigenvalue weighted by atomic mass is 35.5. The van der Waals surface area contributed by atoms with Crippen molar-refractivity contribution >= 4 is 17.2 Å². The second-order valence-electron chi connectivity index (χ2n) is 8.12. The van der Waals surface area contributed by atoms with Crippen molar-refractivity contribution < 1.29 is 4.39 Å². The average molecular weight is 460 g/mol. The standard InChI is InChI=1S/C26H23ClFN5/c27-23-10-6-22(7-11-23)25(26-29-30-31-33(26)18-19-4-2-1-3-5-19)32-16-14-21(15-17-32)20-8-12-24(28)13-9-20/h1-14,25H,15-18H2/t25-/m0/s1. The fourth-order valence-electron chi connectivity index (χ4n) is 4.29. The number of rotatable bonds is 6. The molecular formula is C26H23ClFN5. The smallest absolute Gasteiger partial charge is 0.173 e. The molecule has 5 rings (SSSR count). The van der Waals surface area contributed by atoms with E-state index in [0.717, 1.165) is 42.0 Å². The molecule has 5 nitrogen and oxygen atoms in total. The molecule has 0 aliphatic carbocycles. The maximum Gasteiger partial charge on any atom is 0.173 e. The lowest BCUT2D eigenvalue weighted by Crippen LogP contribution is -2.35. The molecule has 0 unspecified atom stereocenters. The van der Waals surface area contributed by atoms with Gasteiger partial charge in [-0.25, -0.2) is 9.07 Å². The molecule has 33 heavy (non-hydrogen) atoms. The molecule has 0 amide bonds. The van der Waals surface area contributed by atoms with Crippen molar-refractivity contribution in [2.75, 3.05) is 13.1 Å². The minimum atomic E-state index is -0.218. The van der Waals surface area contributed by atoms with E-state index in [1.807, 2.05) is 59.3 Å². The quantitative estimate of drug-likeness (QED) is 0.387. The van der Waals surface area contributed by atoms with Gasteiger partial charge in [-0.15, -0.1) is 5.10 Å². The third-order valence-corrected chi connectivity index (χ3v) is 6.24. The lowest BCUT2D eigenvalue weighted by atomic mass is 9.96. The SMILES string of the molecule is Fc1ccc(C2=CCN([C@@H](c3ccc(Cl)cc3)c3nnnn3Cc3ccccc3)CC2)cc1. The molecule has 0 bridgehead atoms. The molecule has 166 valence electrons. The Balaban J connectivity index is 1.46. The van der Waals surface area contributed by atoms with Gasteiger partial charge in [-0.2, -0.15) is 0 Å². The van der Waals surface area contributed by atoms with E-state index in [1.165, 1.54) is 17.7 Å². The van der Waals surface area contributed by atoms with Gasteiger partial charge in [-0.05, 0) is 63.4 Å². The molecule has 7 heteroatoms. The minimum absolute atomic E-state index is 0.119. The minimum Gasteiger partial charge on any atom is -0.286 e. The number of tetrazole rings is 1. The average Bonchev–Trinajstić information content (AvgIpc) is 3.30. The summed E-state index contributed by atoms with van der Waals surface area (Å²) in [6.07, 6.45) is 3.07. The molecule has 2 heterocycles. The van der Waals surface area contributed by atoms with E-state index in [-0.39, 0.29) is 11.9 Å². The monoisotopic (exact) mass is 459 g/mol. The predicted octanol–water partition coefficient (Wildman–Crippen LogP) is 5.39. The number of aromatic nitrogens is 4. The van der Waals surface area contributed by atoms with Crippen LogP contribution in [0.5, 0.6) is 0 Å². The Morgan fingerprint density at radius 1 is 0.939 bits per heavy atom. The first-order chi connectivity index (χ1) is 16.2. The summed E-state index contributed by atoms with van der Waals surface area (Å²) in [5.41, 5.74) is 4.51. The van der Waals surface area contributed by atoms with Gasteiger partial charge in [0.05, 0.1) is 12.6 Å². The Labute approximate surface area is 197 Å². The van der Waals surface area contributed by atoms with Gasteiger partial charge in [0.1, 0.15) is 5.82 Å². The molecular weight excluding hydrogens is 437 g/mol. The van der Waals surface area contributed by atoms with Crippen LogP contribution in [0.25, 0.3) is 5.57 Å². The van der Waals surface area contributed by atoms with Gasteiger partial charge >= 0.3 is 0 Å². The Bertz CT molecular complexity index is 1240. The molecule has 4 aromatic rings. The largest absolute Gasteiger partial charge is 0.286 e. The molecule has 0 fully saturated rings. The second-order valence-corrected chi connectivity index (χ2v) is 8.55. The van der Waals surface area contributed by atoms with E-state index in [4.69, 9.17) is 11.6 Å². The maximum atomic E-state index is 13.3. The summed E-state index contributed by atoms with van der Waals surface area (Å²) in [6.45, 7) is 2.16. The first kappa shape index (κ1) is 21.5. The Morgan fingerprint density at radius 2 is 1.70 bits per heavy atom. The Hall–Kier alpha value is -3.35. The van der Waals surface area contributed by atoms with Crippen LogP contribution in [0.15, 0.2) is 84.9 Å². The molecule has 0 N–H and O–H groups in total. The van der Waals surface area contributed by atoms with Crippen molar-refractivity contribution in [3.05, 3.63) is 118 Å². The third kappa shape index (κ3) is 4.87. The predicted molar refractivity (Wildman–Crippen MR) is 127 cm³/mol. The first-order valence-electron chi connectivity index (χ1n) is 10.9. The fraction of sp³-hybridized carbons (Fsp3) is 0.192. The van der Waals surface area contributed by atoms with Crippen LogP contribution in [0.3, 0.4) is 0 Å². The zero-order valence-corrected chi connectivity index (χ0v) is 18.7. The third-order valence-electron chi connectivity index (χ3n) is 5.99. The summed E-state index contributed by atoms with van der Waals surface area (Å²) < 4.78 is 15.2. The molecule has 1 aromatic heterocycles. The number of hydrogen-bond donors (Lipinski definition) is 0. The van der Waals surface area contributed by atoms with Crippen LogP contribution in [0.2, 0.25) is 5.02 Å². The Kier molecular flexibility index (Phi) is 6.28. The topological polar surface area (TPSA) is 46.8 Å². The van der Waals surface area contributed by atoms with Gasteiger partial charge in [-0.1, -0.05) is 72.3 Å². The molecule has 1 aliphatic heterocycles. The van der Waals surface area contributed by atoms with Crippen molar-refractivity contribution in [3.8, 4) is 0 Å². The zero-order chi connectivity index (χ0) is 22.6. The van der Waals surface area contributed by atoms with E-state index < -0.39 is 0 Å². The van der Waals surface area contributed by atoms with Crippen molar-refractivity contribution in [2.45, 2.75) is 19.0 Å². The van der Waals surface area contributed by atoms with Crippen LogP contribution in [-0.2, 0) is 6.54 Å². The molecule has 0 radical (unpaired) electrons. The number of halogens is 2. The molecule has 0 saturated heterocycles. The molecule has 3 aromatic carbocycles. The molecule has 1 atom stereocenters. The summed E-state index contributed by atoms with van der Waals surface area (Å²) in [4.78, 5) is 2.36. The van der Waals surface area contributed by atoms with E-state index in [1.54, 1.807) is 0 Å². The zero-order valence-electron chi connectivity index (χ0n) is 18.0. The highest BCUT2D eigenvalue weighted by molar-refractivity contribution is 6.30. The fourth-order valence-corrected chi connectivity index (χ4v) is 4.42. The van der Waals surface area contributed by atoms with Crippen molar-refractivity contribution in [1.82, 2.24) is 25.1 Å². The highest BCUT2D eigenvalue weighted by Crippen LogP contribution is 2.32. The van der Waals surface area contributed by atoms with Crippen LogP contribution in [0, 0.1) is 5.82 Å². The lowest BCUT2D eigenvalue weighted by Gasteiger charge is -2.33. The maximum absolute atomic E-state index is 13.3. The van der Waals surface area contributed by atoms with Crippen molar-refractivity contribution in [1.29, 1.82) is 0 Å².